The molecule has 0 amide bonds. The van der Waals surface area contributed by atoms with Crippen molar-refractivity contribution in [2.75, 3.05) is 41.0 Å². The maximum atomic E-state index is 12.6. The van der Waals surface area contributed by atoms with Crippen molar-refractivity contribution in [1.29, 1.82) is 0 Å². The average Bonchev–Trinajstić information content (AvgIpc) is 3.05. The van der Waals surface area contributed by atoms with Gasteiger partial charge in [0.2, 0.25) is 0 Å². The molecule has 2 atom stereocenters. The molecule has 0 saturated heterocycles. The van der Waals surface area contributed by atoms with E-state index in [2.05, 4.69) is 50.3 Å². The zero-order chi connectivity index (χ0) is 36.4. The second kappa shape index (κ2) is 32.7. The lowest BCUT2D eigenvalue weighted by Crippen LogP contribution is -2.55. The summed E-state index contributed by atoms with van der Waals surface area (Å²) in [7, 11) is 5.39. The van der Waals surface area contributed by atoms with Crippen LogP contribution in [-0.4, -0.2) is 75.5 Å². The second-order valence-corrected chi connectivity index (χ2v) is 14.2. The summed E-state index contributed by atoms with van der Waals surface area (Å²) < 4.78 is 17.1. The maximum Gasteiger partial charge on any atom is 0.306 e. The molecule has 2 unspecified atom stereocenters. The molecule has 8 nitrogen and oxygen atoms in total. The van der Waals surface area contributed by atoms with Crippen molar-refractivity contribution in [3.05, 3.63) is 36.5 Å². The lowest BCUT2D eigenvalue weighted by molar-refractivity contribution is -0.889. The minimum absolute atomic E-state index is 0.0384. The van der Waals surface area contributed by atoms with Gasteiger partial charge < -0.3 is 28.6 Å². The van der Waals surface area contributed by atoms with E-state index in [0.29, 0.717) is 12.8 Å². The Bertz CT molecular complexity index is 906. The number of esters is 2. The second-order valence-electron chi connectivity index (χ2n) is 14.2. The molecule has 0 rings (SSSR count). The van der Waals surface area contributed by atoms with Gasteiger partial charge in [-0.05, 0) is 32.1 Å². The van der Waals surface area contributed by atoms with Gasteiger partial charge in [-0.2, -0.15) is 0 Å². The fourth-order valence-electron chi connectivity index (χ4n) is 5.54. The standard InChI is InChI=1S/C41H73NO7/c1-6-8-10-12-14-16-18-19-20-21-22-24-25-27-29-31-39(43)48-36-37(35-47-34-33-38(41(45)46)42(3,4)5)49-40(44)32-30-28-26-23-17-15-13-11-9-7-2/h8,10,12,14,16,18,37-38H,6-7,9,11,13,15,17,19-36H2,1-5H3/b10-8+,14-12+,18-16+. The highest BCUT2D eigenvalue weighted by molar-refractivity contribution is 5.70. The van der Waals surface area contributed by atoms with Crippen LogP contribution in [0.3, 0.4) is 0 Å². The fourth-order valence-corrected chi connectivity index (χ4v) is 5.54. The Morgan fingerprint density at radius 1 is 0.633 bits per heavy atom. The molecular formula is C41H73NO7. The lowest BCUT2D eigenvalue weighted by atomic mass is 10.1. The van der Waals surface area contributed by atoms with Crippen molar-refractivity contribution in [1.82, 2.24) is 0 Å². The van der Waals surface area contributed by atoms with E-state index in [9.17, 15) is 19.5 Å². The molecule has 0 aliphatic rings. The molecule has 8 heteroatoms. The number of nitrogens with zero attached hydrogens (tertiary/aromatic N) is 1. The number of aliphatic carboxylic acids is 1. The van der Waals surface area contributed by atoms with E-state index in [1.54, 1.807) is 21.1 Å². The highest BCUT2D eigenvalue weighted by Gasteiger charge is 2.25. The Balaban J connectivity index is 4.39. The summed E-state index contributed by atoms with van der Waals surface area (Å²) >= 11 is 0. The molecule has 0 aromatic heterocycles. The smallest absolute Gasteiger partial charge is 0.306 e. The third-order valence-electron chi connectivity index (χ3n) is 8.60. The molecule has 0 aromatic carbocycles. The van der Waals surface area contributed by atoms with Crippen LogP contribution >= 0.6 is 0 Å². The van der Waals surface area contributed by atoms with Crippen molar-refractivity contribution in [2.45, 2.75) is 167 Å². The van der Waals surface area contributed by atoms with Crippen molar-refractivity contribution in [2.24, 2.45) is 0 Å². The zero-order valence-corrected chi connectivity index (χ0v) is 32.1. The number of unbranched alkanes of at least 4 members (excludes halogenated alkanes) is 16. The van der Waals surface area contributed by atoms with Gasteiger partial charge in [0.15, 0.2) is 6.10 Å². The van der Waals surface area contributed by atoms with Crippen molar-refractivity contribution < 1.29 is 38.2 Å². The number of ether oxygens (including phenoxy) is 3. The number of carboxylic acid groups (broad SMARTS) is 1. The first-order chi connectivity index (χ1) is 23.6. The summed E-state index contributed by atoms with van der Waals surface area (Å²) in [6.45, 7) is 4.49. The Hall–Kier alpha value is -2.45. The van der Waals surface area contributed by atoms with E-state index < -0.39 is 18.1 Å². The van der Waals surface area contributed by atoms with Gasteiger partial charge in [0, 0.05) is 19.3 Å². The number of carbonyl (C=O) groups is 3. The maximum absolute atomic E-state index is 12.6. The average molecular weight is 692 g/mol. The highest BCUT2D eigenvalue weighted by Crippen LogP contribution is 2.14. The van der Waals surface area contributed by atoms with E-state index in [0.717, 1.165) is 51.4 Å². The van der Waals surface area contributed by atoms with Crippen LogP contribution in [0, 0.1) is 0 Å². The molecule has 0 bridgehead atoms. The molecule has 0 heterocycles. The third kappa shape index (κ3) is 31.3. The molecule has 0 aliphatic carbocycles. The molecule has 0 N–H and O–H groups in total. The van der Waals surface area contributed by atoms with Gasteiger partial charge in [0.1, 0.15) is 12.6 Å². The van der Waals surface area contributed by atoms with Crippen LogP contribution < -0.4 is 5.11 Å². The number of allylic oxidation sites excluding steroid dienone is 6. The van der Waals surface area contributed by atoms with Crippen LogP contribution in [-0.2, 0) is 28.6 Å². The largest absolute Gasteiger partial charge is 0.544 e. The monoisotopic (exact) mass is 692 g/mol. The van der Waals surface area contributed by atoms with E-state index in [1.165, 1.54) is 70.6 Å². The number of carboxylic acids is 1. The summed E-state index contributed by atoms with van der Waals surface area (Å²) in [4.78, 5) is 36.6. The number of quaternary nitrogens is 1. The quantitative estimate of drug-likeness (QED) is 0.0288. The summed E-state index contributed by atoms with van der Waals surface area (Å²) in [5, 5.41) is 11.6. The summed E-state index contributed by atoms with van der Waals surface area (Å²) in [5.74, 6) is -1.75. The fraction of sp³-hybridized carbons (Fsp3) is 0.780. The number of hydrogen-bond donors (Lipinski definition) is 0. The van der Waals surface area contributed by atoms with Crippen LogP contribution in [0.1, 0.15) is 155 Å². The minimum Gasteiger partial charge on any atom is -0.544 e. The van der Waals surface area contributed by atoms with Crippen molar-refractivity contribution in [3.8, 4) is 0 Å². The van der Waals surface area contributed by atoms with Crippen LogP contribution in [0.5, 0.6) is 0 Å². The zero-order valence-electron chi connectivity index (χ0n) is 32.1. The first-order valence-electron chi connectivity index (χ1n) is 19.5. The number of carbonyl (C=O) groups excluding carboxylic acids is 3. The molecule has 49 heavy (non-hydrogen) atoms. The van der Waals surface area contributed by atoms with Crippen LogP contribution in [0.2, 0.25) is 0 Å². The van der Waals surface area contributed by atoms with Crippen LogP contribution in [0.15, 0.2) is 36.5 Å². The van der Waals surface area contributed by atoms with Gasteiger partial charge in [-0.15, -0.1) is 0 Å². The molecule has 0 spiro atoms. The SMILES string of the molecule is CC/C=C/C=C/C=C/CCCCCCCCCC(=O)OCC(COCCC(C(=O)[O-])[N+](C)(C)C)OC(=O)CCCCCCCCCCCC. The lowest BCUT2D eigenvalue weighted by Gasteiger charge is -2.34. The Morgan fingerprint density at radius 2 is 1.14 bits per heavy atom. The molecule has 0 fully saturated rings. The Labute approximate surface area is 300 Å². The summed E-state index contributed by atoms with van der Waals surface area (Å²) in [6.07, 6.45) is 34.5. The number of hydrogen-bond acceptors (Lipinski definition) is 7. The number of rotatable bonds is 34. The van der Waals surface area contributed by atoms with Crippen LogP contribution in [0.25, 0.3) is 0 Å². The van der Waals surface area contributed by atoms with Gasteiger partial charge >= 0.3 is 11.9 Å². The van der Waals surface area contributed by atoms with Gasteiger partial charge in [0.05, 0.1) is 40.3 Å². The molecular weight excluding hydrogens is 618 g/mol. The molecule has 0 aromatic rings. The Kier molecular flexibility index (Phi) is 31.1. The van der Waals surface area contributed by atoms with E-state index >= 15 is 0 Å². The number of likely N-dealkylation sites (N-methyl/N-ethyl adjacent to an activating group) is 1. The summed E-state index contributed by atoms with van der Waals surface area (Å²) in [5.41, 5.74) is 0. The van der Waals surface area contributed by atoms with Gasteiger partial charge in [-0.3, -0.25) is 9.59 Å². The predicted octanol–water partition coefficient (Wildman–Crippen LogP) is 8.57. The molecule has 284 valence electrons. The first kappa shape index (κ1) is 46.5. The van der Waals surface area contributed by atoms with Crippen molar-refractivity contribution >= 4 is 17.9 Å². The molecule has 0 aliphatic heterocycles. The van der Waals surface area contributed by atoms with Gasteiger partial charge in [-0.25, -0.2) is 0 Å². The predicted molar refractivity (Wildman–Crippen MR) is 199 cm³/mol. The van der Waals surface area contributed by atoms with E-state index in [4.69, 9.17) is 14.2 Å². The van der Waals surface area contributed by atoms with Gasteiger partial charge in [-0.1, -0.05) is 140 Å². The molecule has 0 radical (unpaired) electrons. The summed E-state index contributed by atoms with van der Waals surface area (Å²) in [6, 6.07) is -0.724. The van der Waals surface area contributed by atoms with Gasteiger partial charge in [0.25, 0.3) is 0 Å². The normalized spacial score (nSPS) is 13.4. The third-order valence-corrected chi connectivity index (χ3v) is 8.60. The van der Waals surface area contributed by atoms with Crippen LogP contribution in [0.4, 0.5) is 0 Å². The first-order valence-corrected chi connectivity index (χ1v) is 19.5. The van der Waals surface area contributed by atoms with Crippen molar-refractivity contribution in [3.63, 3.8) is 0 Å². The Morgan fingerprint density at radius 3 is 1.67 bits per heavy atom. The van der Waals surface area contributed by atoms with E-state index in [-0.39, 0.29) is 42.7 Å². The van der Waals surface area contributed by atoms with E-state index in [1.807, 2.05) is 0 Å². The highest BCUT2D eigenvalue weighted by atomic mass is 16.6. The molecule has 0 saturated carbocycles. The minimum atomic E-state index is -1.13. The topological polar surface area (TPSA) is 102 Å².